The molecule has 0 saturated carbocycles. The van der Waals surface area contributed by atoms with E-state index < -0.39 is 0 Å². The highest BCUT2D eigenvalue weighted by Gasteiger charge is 2.47. The molecule has 1 spiro atoms. The number of benzene rings is 1. The summed E-state index contributed by atoms with van der Waals surface area (Å²) in [5.41, 5.74) is 20.1. The number of aliphatic hydroxyl groups excluding tert-OH is 1. The minimum atomic E-state index is -0.181. The standard InChI is InChI=1S/C29H30N8O.C27H4.H3N9.11H2/c30-15-19-5-1-4-18-14-29(26(31)24(18)19)8-12-36(13-9-29)27-22(17-38)34-25-21(35-27)16-33-28(25)37-11-3-6-20-23(37)7-2-10-32-20;1-3-5-7-9-11-13-15-17-19-21-23-25-27-26-24-22-20-18-16-14-12-10-8-6-4-2;1-3-5-7-9-8-6-4-2;;;;;;;;;;;/h1-2,4-5,7,10,26,38H,3,6,8-9,11-14,16-17,31H2;1H,2H3;(H3,1,2,5,6,9);11*1H/t26-;;;;;;;;;;;;;/m1............./s1. The van der Waals surface area contributed by atoms with E-state index in [4.69, 9.17) is 32.6 Å². The van der Waals surface area contributed by atoms with Crippen molar-refractivity contribution >= 4 is 17.3 Å². The van der Waals surface area contributed by atoms with E-state index in [1.54, 1.807) is 6.92 Å². The monoisotopic (exact) mass is 986 g/mol. The van der Waals surface area contributed by atoms with Crippen LogP contribution < -0.4 is 21.4 Å². The van der Waals surface area contributed by atoms with E-state index in [2.05, 4.69) is 223 Å². The number of hydrogen-bond acceptors (Lipinski definition) is 11. The quantitative estimate of drug-likeness (QED) is 0.0873. The lowest BCUT2D eigenvalue weighted by molar-refractivity contribution is 0.186. The number of fused-ring (bicyclic) bond motifs is 3. The number of aromatic nitrogens is 3. The molecule has 0 bridgehead atoms. The van der Waals surface area contributed by atoms with Gasteiger partial charge in [-0.1, -0.05) is 23.3 Å². The number of terminal acetylenes is 1. The summed E-state index contributed by atoms with van der Waals surface area (Å²) in [6.07, 6.45) is 11.4. The highest BCUT2D eigenvalue weighted by molar-refractivity contribution is 6.11. The zero-order valence-electron chi connectivity index (χ0n) is 39.6. The van der Waals surface area contributed by atoms with E-state index in [0.29, 0.717) is 17.8 Å². The zero-order valence-corrected chi connectivity index (χ0v) is 39.6. The smallest absolute Gasteiger partial charge is 0.156 e. The molecule has 0 radical (unpaired) electrons. The summed E-state index contributed by atoms with van der Waals surface area (Å²) in [7, 11) is 0. The second-order valence-corrected chi connectivity index (χ2v) is 14.7. The van der Waals surface area contributed by atoms with E-state index in [1.165, 1.54) is 5.56 Å². The molecule has 7 rings (SSSR count). The first-order chi connectivity index (χ1) is 36.4. The summed E-state index contributed by atoms with van der Waals surface area (Å²) in [6, 6.07) is 12.2. The van der Waals surface area contributed by atoms with Gasteiger partial charge in [0.15, 0.2) is 11.7 Å². The van der Waals surface area contributed by atoms with E-state index in [0.717, 1.165) is 91.7 Å². The number of nitrogens with zero attached hydrogens (tertiary/aromatic N) is 14. The molecule has 0 unspecified atom stereocenters. The predicted molar refractivity (Wildman–Crippen MR) is 299 cm³/mol. The van der Waals surface area contributed by atoms with Gasteiger partial charge in [0.25, 0.3) is 0 Å². The van der Waals surface area contributed by atoms with Gasteiger partial charge in [0.1, 0.15) is 11.4 Å². The SMILES string of the molecule is C#CC#CC#CC#CC#CC#CC#CC#CC#CC#CC#CC#CC#CC.N#Cc1cccc2c1[C@@H](N)C1(CCN(c3nc4c(nc3CO)C(N3CCCc5ncccc53)=NC4)CC1)C2.N=N/N=N/N=N/N=N/N.[HH].[HH].[HH].[HH].[HH].[HH].[HH].[HH].[HH].[HH].[HH]. The Morgan fingerprint density at radius 2 is 1.35 bits per heavy atom. The Balaban J connectivity index is -0.000000232. The van der Waals surface area contributed by atoms with Gasteiger partial charge in [-0.05, 0) is 200 Å². The van der Waals surface area contributed by atoms with Gasteiger partial charge in [-0.2, -0.15) is 10.8 Å². The Morgan fingerprint density at radius 3 is 1.91 bits per heavy atom. The zero-order chi connectivity index (χ0) is 52.5. The largest absolute Gasteiger partial charge is 0.390 e. The van der Waals surface area contributed by atoms with E-state index in [1.807, 2.05) is 24.4 Å². The van der Waals surface area contributed by atoms with Gasteiger partial charge >= 0.3 is 0 Å². The van der Waals surface area contributed by atoms with Gasteiger partial charge in [0.05, 0.1) is 41.9 Å². The van der Waals surface area contributed by atoms with E-state index in [9.17, 15) is 10.4 Å². The van der Waals surface area contributed by atoms with Crippen molar-refractivity contribution in [1.29, 1.82) is 10.8 Å². The highest BCUT2D eigenvalue weighted by atomic mass is 16.3. The molecule has 1 aromatic carbocycles. The van der Waals surface area contributed by atoms with Crippen molar-refractivity contribution in [2.24, 2.45) is 58.5 Å². The van der Waals surface area contributed by atoms with Gasteiger partial charge in [-0.25, -0.2) is 9.97 Å². The molecule has 6 N–H and O–H groups in total. The predicted octanol–water partition coefficient (Wildman–Crippen LogP) is 7.17. The van der Waals surface area contributed by atoms with Crippen LogP contribution in [0.3, 0.4) is 0 Å². The Labute approximate surface area is 445 Å². The maximum Gasteiger partial charge on any atom is 0.156 e. The molecule has 4 aliphatic rings. The van der Waals surface area contributed by atoms with Crippen LogP contribution in [-0.2, 0) is 26.0 Å². The Hall–Kier alpha value is -11.4. The fourth-order valence-electron chi connectivity index (χ4n) is 7.72. The first kappa shape index (κ1) is 53.6. The molecule has 1 saturated heterocycles. The lowest BCUT2D eigenvalue weighted by Gasteiger charge is -2.43. The molecule has 1 fully saturated rings. The second-order valence-electron chi connectivity index (χ2n) is 14.7. The van der Waals surface area contributed by atoms with Gasteiger partial charge in [-0.15, -0.1) is 6.42 Å². The number of hydrogen-bond donors (Lipinski definition) is 4. The number of pyridine rings is 1. The minimum Gasteiger partial charge on any atom is -0.390 e. The summed E-state index contributed by atoms with van der Waals surface area (Å²) >= 11 is 0. The van der Waals surface area contributed by atoms with Crippen LogP contribution in [0.4, 0.5) is 11.5 Å². The van der Waals surface area contributed by atoms with Crippen molar-refractivity contribution in [3.05, 3.63) is 76.0 Å². The molecule has 374 valence electrons. The summed E-state index contributed by atoms with van der Waals surface area (Å²) < 4.78 is 0. The molecule has 18 nitrogen and oxygen atoms in total. The molecule has 0 amide bonds. The first-order valence-corrected chi connectivity index (χ1v) is 21.9. The normalized spacial score (nSPS) is 13.7. The average Bonchev–Trinajstić information content (AvgIpc) is 3.97. The molecular weight excluding hydrogens is 927 g/mol. The molecule has 3 aromatic rings. The summed E-state index contributed by atoms with van der Waals surface area (Å²) in [5.74, 6) is 68.0. The van der Waals surface area contributed by atoms with Gasteiger partial charge in [0, 0.05) is 94.9 Å². The number of nitrogens with two attached hydrogens (primary N) is 2. The number of aliphatic imine (C=N–C) groups is 1. The molecule has 2 aromatic heterocycles. The fourth-order valence-corrected chi connectivity index (χ4v) is 7.72. The number of anilines is 2. The van der Waals surface area contributed by atoms with Crippen molar-refractivity contribution in [3.63, 3.8) is 0 Å². The Morgan fingerprint density at radius 1 is 0.770 bits per heavy atom. The van der Waals surface area contributed by atoms with Crippen LogP contribution in [0.5, 0.6) is 0 Å². The number of aliphatic hydroxyl groups is 1. The average molecular weight is 986 g/mol. The molecule has 5 heterocycles. The number of nitriles is 1. The van der Waals surface area contributed by atoms with Gasteiger partial charge in [0.2, 0.25) is 0 Å². The van der Waals surface area contributed by atoms with Gasteiger partial charge < -0.3 is 26.5 Å². The van der Waals surface area contributed by atoms with Crippen molar-refractivity contribution < 1.29 is 20.8 Å². The maximum atomic E-state index is 10.3. The molecule has 18 heteroatoms. The first-order valence-electron chi connectivity index (χ1n) is 21.9. The van der Waals surface area contributed by atoms with E-state index in [-0.39, 0.29) is 33.8 Å². The lowest BCUT2D eigenvalue weighted by Crippen LogP contribution is -2.45. The summed E-state index contributed by atoms with van der Waals surface area (Å²) in [6.45, 7) is 4.42. The van der Waals surface area contributed by atoms with Crippen LogP contribution in [0.15, 0.2) is 78.1 Å². The number of nitrogens with one attached hydrogen (secondary N) is 1. The number of aryl methyl sites for hydroxylation is 1. The minimum absolute atomic E-state index is 0. The third-order valence-electron chi connectivity index (χ3n) is 10.7. The van der Waals surface area contributed by atoms with Crippen LogP contribution in [0.1, 0.15) is 87.4 Å². The molecule has 74 heavy (non-hydrogen) atoms. The van der Waals surface area contributed by atoms with Crippen LogP contribution in [0.2, 0.25) is 0 Å². The number of amidine groups is 1. The highest BCUT2D eigenvalue weighted by Crippen LogP contribution is 2.52. The van der Waals surface area contributed by atoms with E-state index >= 15 is 0 Å². The van der Waals surface area contributed by atoms with Crippen molar-refractivity contribution in [1.82, 2.24) is 15.0 Å². The molecule has 3 aliphatic heterocycles. The number of rotatable bonds is 5. The second kappa shape index (κ2) is 30.2. The molecule has 1 aliphatic carbocycles. The topological polar surface area (TPSA) is 264 Å². The molecular formula is C56H59N17O. The van der Waals surface area contributed by atoms with Crippen molar-refractivity contribution in [2.45, 2.75) is 58.2 Å². The fraction of sp³-hybridized carbons (Fsp3) is 0.232. The van der Waals surface area contributed by atoms with Crippen molar-refractivity contribution in [2.75, 3.05) is 29.4 Å². The third kappa shape index (κ3) is 15.6. The third-order valence-corrected chi connectivity index (χ3v) is 10.7. The summed E-state index contributed by atoms with van der Waals surface area (Å²) in [5, 5.41) is 39.3. The van der Waals surface area contributed by atoms with Crippen LogP contribution in [0, 0.1) is 177 Å². The lowest BCUT2D eigenvalue weighted by atomic mass is 9.73. The number of piperidine rings is 1. The maximum absolute atomic E-state index is 10.3. The Bertz CT molecular complexity index is 3730. The van der Waals surface area contributed by atoms with Crippen LogP contribution in [-0.4, -0.2) is 45.5 Å². The van der Waals surface area contributed by atoms with Crippen LogP contribution >= 0.6 is 0 Å². The Kier molecular flexibility index (Phi) is 21.8. The van der Waals surface area contributed by atoms with Gasteiger partial charge in [-0.3, -0.25) is 9.98 Å². The van der Waals surface area contributed by atoms with Crippen molar-refractivity contribution in [3.8, 4) is 161 Å². The summed E-state index contributed by atoms with van der Waals surface area (Å²) in [4.78, 5) is 23.8. The van der Waals surface area contributed by atoms with Crippen LogP contribution in [0.25, 0.3) is 0 Å². The molecule has 1 atom stereocenters.